The molecule has 0 saturated heterocycles. The fourth-order valence-electron chi connectivity index (χ4n) is 1.88. The maximum atomic E-state index is 10.2. The Morgan fingerprint density at radius 1 is 0.765 bits per heavy atom. The molecule has 0 radical (unpaired) electrons. The average molecular weight is 551 g/mol. The molecule has 0 amide bonds. The van der Waals surface area contributed by atoms with Crippen molar-refractivity contribution in [3.63, 3.8) is 0 Å². The Kier molecular flexibility index (Phi) is 22.9. The van der Waals surface area contributed by atoms with Crippen molar-refractivity contribution in [2.24, 2.45) is 0 Å². The molecule has 0 heterocycles. The number of hydrogen-bond acceptors (Lipinski definition) is 7. The zero-order valence-electron chi connectivity index (χ0n) is 20.1. The van der Waals surface area contributed by atoms with Gasteiger partial charge in [0.25, 0.3) is 0 Å². The molecule has 182 valence electrons. The molecule has 0 fully saturated rings. The van der Waals surface area contributed by atoms with Gasteiger partial charge >= 0.3 is 63.3 Å². The van der Waals surface area contributed by atoms with E-state index in [2.05, 4.69) is 20.8 Å². The third-order valence-corrected chi connectivity index (χ3v) is 6.55. The third-order valence-electron chi connectivity index (χ3n) is 3.28. The van der Waals surface area contributed by atoms with Crippen molar-refractivity contribution in [1.29, 1.82) is 0 Å². The molecule has 0 unspecified atom stereocenters. The molecule has 0 bridgehead atoms. The van der Waals surface area contributed by atoms with Crippen LogP contribution in [0.25, 0.3) is 0 Å². The van der Waals surface area contributed by atoms with Gasteiger partial charge in [0, 0.05) is 31.8 Å². The van der Waals surface area contributed by atoms with Gasteiger partial charge in [-0.3, -0.25) is 9.59 Å². The molecule has 2 aromatic rings. The number of carboxylic acids is 3. The molecule has 0 aliphatic carbocycles. The van der Waals surface area contributed by atoms with Crippen molar-refractivity contribution in [2.75, 3.05) is 17.3 Å². The van der Waals surface area contributed by atoms with Crippen LogP contribution in [0.1, 0.15) is 33.6 Å². The summed E-state index contributed by atoms with van der Waals surface area (Å²) in [6, 6.07) is 19.2. The first kappa shape index (κ1) is 35.7. The Morgan fingerprint density at radius 2 is 1.18 bits per heavy atom. The summed E-state index contributed by atoms with van der Waals surface area (Å²) in [5.41, 5.74) is 0. The quantitative estimate of drug-likeness (QED) is 0.337. The summed E-state index contributed by atoms with van der Waals surface area (Å²) in [5.74, 6) is -1.11. The second-order valence-corrected chi connectivity index (χ2v) is 11.5. The summed E-state index contributed by atoms with van der Waals surface area (Å²) in [6.07, 6.45) is 0.488. The van der Waals surface area contributed by atoms with Gasteiger partial charge in [0.1, 0.15) is 0 Å². The molecule has 2 N–H and O–H groups in total. The number of rotatable bonds is 10. The number of carbonyl (C=O) groups is 3. The van der Waals surface area contributed by atoms with Crippen LogP contribution in [0.2, 0.25) is 0 Å². The first-order valence-corrected chi connectivity index (χ1v) is 13.1. The van der Waals surface area contributed by atoms with Crippen LogP contribution >= 0.6 is 35.3 Å². The van der Waals surface area contributed by atoms with E-state index >= 15 is 0 Å². The second-order valence-electron chi connectivity index (χ2n) is 7.38. The topological polar surface area (TPSA) is 115 Å². The number of carboxylic acid groups (broad SMARTS) is 3. The number of thioether (sulfide) groups is 3. The number of carbonyl (C=O) groups excluding carboxylic acids is 1. The molecule has 0 saturated carbocycles. The number of hydrogen-bond donors (Lipinski definition) is 2. The molecule has 0 aliphatic rings. The molecule has 34 heavy (non-hydrogen) atoms. The van der Waals surface area contributed by atoms with E-state index in [1.54, 1.807) is 23.5 Å². The largest absolute Gasteiger partial charge is 1.00 e. The molecular weight excluding hydrogens is 520 g/mol. The van der Waals surface area contributed by atoms with Crippen LogP contribution in [0, 0.1) is 0 Å². The average Bonchev–Trinajstić information content (AvgIpc) is 2.73. The molecule has 6 nitrogen and oxygen atoms in total. The number of aliphatic carboxylic acids is 3. The monoisotopic (exact) mass is 550 g/mol. The molecule has 0 spiro atoms. The van der Waals surface area contributed by atoms with Gasteiger partial charge < -0.3 is 20.1 Å². The van der Waals surface area contributed by atoms with Crippen molar-refractivity contribution < 1.29 is 81.1 Å². The van der Waals surface area contributed by atoms with E-state index in [4.69, 9.17) is 10.2 Å². The molecule has 10 heteroatoms. The fraction of sp³-hybridized carbons (Fsp3) is 0.375. The van der Waals surface area contributed by atoms with Crippen molar-refractivity contribution in [3.05, 3.63) is 60.7 Å². The summed E-state index contributed by atoms with van der Waals surface area (Å²) < 4.78 is 0.190. The zero-order valence-corrected chi connectivity index (χ0v) is 25.6. The maximum absolute atomic E-state index is 10.2. The first-order chi connectivity index (χ1) is 15.5. The Labute approximate surface area is 257 Å². The fourth-order valence-corrected chi connectivity index (χ4v) is 4.26. The molecule has 2 aromatic carbocycles. The summed E-state index contributed by atoms with van der Waals surface area (Å²) >= 11 is 4.52. The van der Waals surface area contributed by atoms with E-state index in [-0.39, 0.29) is 74.7 Å². The van der Waals surface area contributed by atoms with E-state index < -0.39 is 17.9 Å². The van der Waals surface area contributed by atoms with Gasteiger partial charge in [0.2, 0.25) is 0 Å². The molecule has 2 rings (SSSR count). The molecule has 0 atom stereocenters. The van der Waals surface area contributed by atoms with Gasteiger partial charge in [-0.15, -0.1) is 23.5 Å². The second kappa shape index (κ2) is 21.8. The van der Waals surface area contributed by atoms with E-state index in [9.17, 15) is 19.5 Å². The van der Waals surface area contributed by atoms with Crippen LogP contribution in [-0.4, -0.2) is 50.1 Å². The Hall–Kier alpha value is -0.464. The predicted octanol–water partition coefficient (Wildman–Crippen LogP) is 1.78. The zero-order chi connectivity index (χ0) is 25.1. The maximum Gasteiger partial charge on any atom is 1.00 e. The van der Waals surface area contributed by atoms with Gasteiger partial charge in [-0.25, -0.2) is 0 Å². The minimum atomic E-state index is -1.03. The van der Waals surface area contributed by atoms with Gasteiger partial charge in [0.15, 0.2) is 0 Å². The van der Waals surface area contributed by atoms with Gasteiger partial charge in [-0.2, -0.15) is 11.8 Å². The van der Waals surface area contributed by atoms with Gasteiger partial charge in [-0.05, 0) is 24.3 Å². The first-order valence-electron chi connectivity index (χ1n) is 10.1. The standard InChI is InChI=1S/C9H10O2S.C8H8O2S.C7H14O2S.K/c10-9(11)6-7-12-8-4-2-1-3-5-8;9-8(10)6-11-7-4-2-1-3-5-7;1-7(2,3)10-5-4-6(8)9;/h1-5H,6-7H2,(H,10,11);1-5H,6H2,(H,9,10);4-5H2,1-3H3,(H,8,9);/q;;;+1/p-1. The van der Waals surface area contributed by atoms with Gasteiger partial charge in [0.05, 0.1) is 18.8 Å². The summed E-state index contributed by atoms with van der Waals surface area (Å²) in [7, 11) is 0. The van der Waals surface area contributed by atoms with Crippen molar-refractivity contribution in [3.8, 4) is 0 Å². The SMILES string of the molecule is CC(C)(C)SCCC(=O)O.O=C(O)CCSc1ccccc1.O=C([O-])CSc1ccccc1.[K+]. The minimum Gasteiger partial charge on any atom is -0.549 e. The van der Waals surface area contributed by atoms with Crippen LogP contribution in [0.5, 0.6) is 0 Å². The predicted molar refractivity (Wildman–Crippen MR) is 136 cm³/mol. The molecule has 0 aliphatic heterocycles. The Balaban J connectivity index is 0. The van der Waals surface area contributed by atoms with Crippen LogP contribution in [0.3, 0.4) is 0 Å². The van der Waals surface area contributed by atoms with Crippen LogP contribution < -0.4 is 56.5 Å². The normalized spacial score (nSPS) is 9.85. The number of benzene rings is 2. The minimum absolute atomic E-state index is 0. The summed E-state index contributed by atoms with van der Waals surface area (Å²) in [4.78, 5) is 32.4. The molecule has 0 aromatic heterocycles. The van der Waals surface area contributed by atoms with E-state index in [1.807, 2.05) is 60.7 Å². The Morgan fingerprint density at radius 3 is 1.56 bits per heavy atom. The van der Waals surface area contributed by atoms with Crippen molar-refractivity contribution in [2.45, 2.75) is 48.2 Å². The van der Waals surface area contributed by atoms with Crippen molar-refractivity contribution >= 4 is 53.2 Å². The van der Waals surface area contributed by atoms with Crippen molar-refractivity contribution in [1.82, 2.24) is 0 Å². The van der Waals surface area contributed by atoms with E-state index in [0.29, 0.717) is 11.5 Å². The summed E-state index contributed by atoms with van der Waals surface area (Å²) in [6.45, 7) is 6.25. The third kappa shape index (κ3) is 26.1. The smallest absolute Gasteiger partial charge is 0.549 e. The van der Waals surface area contributed by atoms with Crippen LogP contribution in [0.15, 0.2) is 70.5 Å². The van der Waals surface area contributed by atoms with E-state index in [0.717, 1.165) is 9.79 Å². The van der Waals surface area contributed by atoms with Crippen LogP contribution in [-0.2, 0) is 14.4 Å². The molecular formula is C24H31KO6S3. The van der Waals surface area contributed by atoms with Gasteiger partial charge in [-0.1, -0.05) is 57.2 Å². The summed E-state index contributed by atoms with van der Waals surface area (Å²) in [5, 5.41) is 26.7. The van der Waals surface area contributed by atoms with Crippen LogP contribution in [0.4, 0.5) is 0 Å². The van der Waals surface area contributed by atoms with E-state index in [1.165, 1.54) is 11.8 Å². The Bertz CT molecular complexity index is 814.